The molecule has 122 valence electrons. The lowest BCUT2D eigenvalue weighted by atomic mass is 9.95. The molecule has 0 aromatic heterocycles. The van der Waals surface area contributed by atoms with Crippen molar-refractivity contribution in [1.29, 1.82) is 0 Å². The smallest absolute Gasteiger partial charge is 0.217 e. The maximum atomic E-state index is 11.1. The van der Waals surface area contributed by atoms with Crippen LogP contribution in [-0.2, 0) is 4.79 Å². The van der Waals surface area contributed by atoms with E-state index < -0.39 is 0 Å². The Balaban J connectivity index is 2.43. The monoisotopic (exact) mass is 297 g/mol. The third kappa shape index (κ3) is 6.33. The van der Waals surface area contributed by atoms with Gasteiger partial charge in [-0.2, -0.15) is 0 Å². The SMILES string of the molecule is CN=C(NCCN(C)C(C)C)N1CCCC(CC(N)=O)C1. The van der Waals surface area contributed by atoms with E-state index in [1.807, 2.05) is 7.05 Å². The molecular weight excluding hydrogens is 266 g/mol. The summed E-state index contributed by atoms with van der Waals surface area (Å²) in [5, 5.41) is 3.42. The molecule has 1 heterocycles. The Morgan fingerprint density at radius 3 is 2.81 bits per heavy atom. The van der Waals surface area contributed by atoms with E-state index in [1.165, 1.54) is 0 Å². The van der Waals surface area contributed by atoms with Gasteiger partial charge in [-0.3, -0.25) is 9.79 Å². The lowest BCUT2D eigenvalue weighted by Gasteiger charge is -2.35. The van der Waals surface area contributed by atoms with Crippen molar-refractivity contribution in [1.82, 2.24) is 15.1 Å². The number of carbonyl (C=O) groups excluding carboxylic acids is 1. The number of nitrogens with zero attached hydrogens (tertiary/aromatic N) is 3. The maximum absolute atomic E-state index is 11.1. The molecule has 1 fully saturated rings. The van der Waals surface area contributed by atoms with E-state index in [9.17, 15) is 4.79 Å². The highest BCUT2D eigenvalue weighted by Crippen LogP contribution is 2.19. The summed E-state index contributed by atoms with van der Waals surface area (Å²) in [7, 11) is 3.94. The summed E-state index contributed by atoms with van der Waals surface area (Å²) in [4.78, 5) is 20.0. The van der Waals surface area contributed by atoms with Crippen molar-refractivity contribution in [3.63, 3.8) is 0 Å². The standard InChI is InChI=1S/C15H31N5O/c1-12(2)19(4)9-7-18-15(17-3)20-8-5-6-13(11-20)10-14(16)21/h12-13H,5-11H2,1-4H3,(H2,16,21)(H,17,18). The Morgan fingerprint density at radius 1 is 1.52 bits per heavy atom. The minimum atomic E-state index is -0.205. The molecule has 0 aromatic rings. The average molecular weight is 297 g/mol. The highest BCUT2D eigenvalue weighted by atomic mass is 16.1. The first-order valence-electron chi connectivity index (χ1n) is 7.88. The second-order valence-electron chi connectivity index (χ2n) is 6.17. The zero-order valence-corrected chi connectivity index (χ0v) is 13.9. The average Bonchev–Trinajstić information content (AvgIpc) is 2.42. The summed E-state index contributed by atoms with van der Waals surface area (Å²) in [6, 6.07) is 0.545. The van der Waals surface area contributed by atoms with Crippen molar-refractivity contribution in [2.24, 2.45) is 16.6 Å². The maximum Gasteiger partial charge on any atom is 0.217 e. The van der Waals surface area contributed by atoms with Gasteiger partial charge in [0.1, 0.15) is 0 Å². The zero-order valence-electron chi connectivity index (χ0n) is 13.9. The molecule has 1 aliphatic heterocycles. The molecule has 0 aromatic carbocycles. The van der Waals surface area contributed by atoms with Crippen molar-refractivity contribution < 1.29 is 4.79 Å². The number of guanidine groups is 1. The molecular formula is C15H31N5O. The number of likely N-dealkylation sites (tertiary alicyclic amines) is 1. The van der Waals surface area contributed by atoms with Gasteiger partial charge in [0.05, 0.1) is 0 Å². The fourth-order valence-electron chi connectivity index (χ4n) is 2.64. The molecule has 0 saturated carbocycles. The summed E-state index contributed by atoms with van der Waals surface area (Å²) in [6.07, 6.45) is 2.64. The number of piperidine rings is 1. The minimum Gasteiger partial charge on any atom is -0.370 e. The Labute approximate surface area is 128 Å². The number of rotatable bonds is 6. The third-order valence-electron chi connectivity index (χ3n) is 4.15. The Hall–Kier alpha value is -1.30. The topological polar surface area (TPSA) is 74.0 Å². The van der Waals surface area contributed by atoms with E-state index >= 15 is 0 Å². The van der Waals surface area contributed by atoms with Gasteiger partial charge in [0.25, 0.3) is 0 Å². The summed E-state index contributed by atoms with van der Waals surface area (Å²) >= 11 is 0. The molecule has 1 unspecified atom stereocenters. The Kier molecular flexibility index (Phi) is 7.50. The van der Waals surface area contributed by atoms with Crippen LogP contribution in [0.2, 0.25) is 0 Å². The van der Waals surface area contributed by atoms with Crippen molar-refractivity contribution >= 4 is 11.9 Å². The number of amides is 1. The molecule has 1 amide bonds. The first-order valence-corrected chi connectivity index (χ1v) is 7.88. The predicted molar refractivity (Wildman–Crippen MR) is 87.2 cm³/mol. The molecule has 1 saturated heterocycles. The number of primary amides is 1. The van der Waals surface area contributed by atoms with Crippen LogP contribution in [0.1, 0.15) is 33.1 Å². The van der Waals surface area contributed by atoms with Crippen LogP contribution >= 0.6 is 0 Å². The Morgan fingerprint density at radius 2 is 2.24 bits per heavy atom. The molecule has 0 aliphatic carbocycles. The lowest BCUT2D eigenvalue weighted by Crippen LogP contribution is -2.48. The highest BCUT2D eigenvalue weighted by Gasteiger charge is 2.23. The molecule has 0 bridgehead atoms. The molecule has 1 aliphatic rings. The quantitative estimate of drug-likeness (QED) is 0.553. The summed E-state index contributed by atoms with van der Waals surface area (Å²) in [5.41, 5.74) is 5.31. The molecule has 6 nitrogen and oxygen atoms in total. The van der Waals surface area contributed by atoms with E-state index in [0.29, 0.717) is 18.4 Å². The number of hydrogen-bond acceptors (Lipinski definition) is 3. The fraction of sp³-hybridized carbons (Fsp3) is 0.867. The second-order valence-corrected chi connectivity index (χ2v) is 6.17. The van der Waals surface area contributed by atoms with E-state index in [1.54, 1.807) is 0 Å². The number of carbonyl (C=O) groups is 1. The summed E-state index contributed by atoms with van der Waals surface area (Å²) in [5.74, 6) is 1.08. The lowest BCUT2D eigenvalue weighted by molar-refractivity contribution is -0.119. The number of aliphatic imine (C=N–C) groups is 1. The first kappa shape index (κ1) is 17.8. The van der Waals surface area contributed by atoms with E-state index in [-0.39, 0.29) is 5.91 Å². The normalized spacial score (nSPS) is 20.2. The van der Waals surface area contributed by atoms with E-state index in [4.69, 9.17) is 5.73 Å². The van der Waals surface area contributed by atoms with Crippen LogP contribution < -0.4 is 11.1 Å². The second kappa shape index (κ2) is 8.87. The number of hydrogen-bond donors (Lipinski definition) is 2. The van der Waals surface area contributed by atoms with Crippen LogP contribution in [0, 0.1) is 5.92 Å². The third-order valence-corrected chi connectivity index (χ3v) is 4.15. The zero-order chi connectivity index (χ0) is 15.8. The minimum absolute atomic E-state index is 0.205. The number of nitrogens with two attached hydrogens (primary N) is 1. The molecule has 1 rings (SSSR count). The molecule has 0 spiro atoms. The number of likely N-dealkylation sites (N-methyl/N-ethyl adjacent to an activating group) is 1. The molecule has 0 radical (unpaired) electrons. The van der Waals surface area contributed by atoms with Gasteiger partial charge in [0, 0.05) is 45.7 Å². The van der Waals surface area contributed by atoms with Gasteiger partial charge in [-0.15, -0.1) is 0 Å². The van der Waals surface area contributed by atoms with Gasteiger partial charge in [-0.1, -0.05) is 0 Å². The van der Waals surface area contributed by atoms with Crippen molar-refractivity contribution in [3.05, 3.63) is 0 Å². The van der Waals surface area contributed by atoms with Gasteiger partial charge >= 0.3 is 0 Å². The first-order chi connectivity index (χ1) is 9.93. The van der Waals surface area contributed by atoms with Crippen molar-refractivity contribution in [2.75, 3.05) is 40.3 Å². The van der Waals surface area contributed by atoms with Crippen molar-refractivity contribution in [3.8, 4) is 0 Å². The van der Waals surface area contributed by atoms with Gasteiger partial charge in [-0.05, 0) is 39.7 Å². The van der Waals surface area contributed by atoms with Gasteiger partial charge in [-0.25, -0.2) is 0 Å². The Bertz CT molecular complexity index is 356. The van der Waals surface area contributed by atoms with Crippen LogP contribution in [0.5, 0.6) is 0 Å². The molecule has 6 heteroatoms. The van der Waals surface area contributed by atoms with Gasteiger partial charge in [0.2, 0.25) is 5.91 Å². The molecule has 1 atom stereocenters. The van der Waals surface area contributed by atoms with E-state index in [0.717, 1.165) is 45.0 Å². The van der Waals surface area contributed by atoms with Gasteiger partial charge in [0.15, 0.2) is 5.96 Å². The van der Waals surface area contributed by atoms with Crippen LogP contribution in [0.25, 0.3) is 0 Å². The largest absolute Gasteiger partial charge is 0.370 e. The number of nitrogens with one attached hydrogen (secondary N) is 1. The van der Waals surface area contributed by atoms with E-state index in [2.05, 4.69) is 41.0 Å². The molecule has 3 N–H and O–H groups in total. The van der Waals surface area contributed by atoms with Gasteiger partial charge < -0.3 is 20.9 Å². The fourth-order valence-corrected chi connectivity index (χ4v) is 2.64. The predicted octanol–water partition coefficient (Wildman–Crippen LogP) is 0.489. The van der Waals surface area contributed by atoms with Crippen molar-refractivity contribution in [2.45, 2.75) is 39.2 Å². The van der Waals surface area contributed by atoms with Crippen LogP contribution in [0.3, 0.4) is 0 Å². The van der Waals surface area contributed by atoms with Crippen LogP contribution in [0.15, 0.2) is 4.99 Å². The summed E-state index contributed by atoms with van der Waals surface area (Å²) < 4.78 is 0. The van der Waals surface area contributed by atoms with Crippen LogP contribution in [0.4, 0.5) is 0 Å². The van der Waals surface area contributed by atoms with Crippen LogP contribution in [-0.4, -0.2) is 68.0 Å². The molecule has 21 heavy (non-hydrogen) atoms. The highest BCUT2D eigenvalue weighted by molar-refractivity contribution is 5.80. The summed E-state index contributed by atoms with van der Waals surface area (Å²) in [6.45, 7) is 8.09.